The van der Waals surface area contributed by atoms with Crippen molar-refractivity contribution in [2.45, 2.75) is 38.6 Å². The van der Waals surface area contributed by atoms with E-state index >= 15 is 0 Å². The molecular formula is C26H43N3O6. The van der Waals surface area contributed by atoms with E-state index in [1.54, 1.807) is 13.2 Å². The van der Waals surface area contributed by atoms with Gasteiger partial charge in [0.25, 0.3) is 5.91 Å². The Balaban J connectivity index is 1.61. The third-order valence-corrected chi connectivity index (χ3v) is 6.22. The van der Waals surface area contributed by atoms with Crippen LogP contribution in [0.25, 0.3) is 0 Å². The van der Waals surface area contributed by atoms with E-state index in [2.05, 4.69) is 9.80 Å². The standard InChI is InChI=1S/C26H43N3O6/c1-26(2,3)35-20-22(30)17-28-12-15-34-24(18-28)19-29(9-8-27-10-13-33-14-11-27)25(31)21-6-5-7-23(16-21)32-4/h5-7,16,22,24,30H,8-15,17-20H2,1-4H3/t22-,24-/m1/s1. The largest absolute Gasteiger partial charge is 0.497 e. The highest BCUT2D eigenvalue weighted by atomic mass is 16.5. The first-order valence-electron chi connectivity index (χ1n) is 12.6. The fourth-order valence-electron chi connectivity index (χ4n) is 4.30. The molecule has 35 heavy (non-hydrogen) atoms. The van der Waals surface area contributed by atoms with Gasteiger partial charge in [0.2, 0.25) is 0 Å². The number of aliphatic hydroxyl groups excluding tert-OH is 1. The number of methoxy groups -OCH3 is 1. The molecule has 0 spiro atoms. The van der Waals surface area contributed by atoms with E-state index in [-0.39, 0.29) is 17.6 Å². The monoisotopic (exact) mass is 493 g/mol. The number of hydrogen-bond acceptors (Lipinski definition) is 8. The maximum Gasteiger partial charge on any atom is 0.254 e. The van der Waals surface area contributed by atoms with E-state index in [1.807, 2.05) is 43.9 Å². The number of rotatable bonds is 11. The van der Waals surface area contributed by atoms with Crippen molar-refractivity contribution < 1.29 is 28.8 Å². The first kappa shape index (κ1) is 27.8. The smallest absolute Gasteiger partial charge is 0.254 e. The molecule has 9 nitrogen and oxygen atoms in total. The van der Waals surface area contributed by atoms with E-state index < -0.39 is 6.10 Å². The van der Waals surface area contributed by atoms with Crippen molar-refractivity contribution >= 4 is 5.91 Å². The van der Waals surface area contributed by atoms with Gasteiger partial charge in [-0.2, -0.15) is 0 Å². The van der Waals surface area contributed by atoms with Crippen LogP contribution in [0.5, 0.6) is 5.75 Å². The summed E-state index contributed by atoms with van der Waals surface area (Å²) in [6, 6.07) is 7.29. The molecule has 2 aliphatic heterocycles. The lowest BCUT2D eigenvalue weighted by Crippen LogP contribution is -2.52. The summed E-state index contributed by atoms with van der Waals surface area (Å²) < 4.78 is 22.6. The molecule has 1 amide bonds. The van der Waals surface area contributed by atoms with E-state index in [0.29, 0.717) is 50.7 Å². The lowest BCUT2D eigenvalue weighted by atomic mass is 10.1. The van der Waals surface area contributed by atoms with Crippen LogP contribution in [0.4, 0.5) is 0 Å². The number of benzene rings is 1. The van der Waals surface area contributed by atoms with Gasteiger partial charge >= 0.3 is 0 Å². The number of carbonyl (C=O) groups excluding carboxylic acids is 1. The highest BCUT2D eigenvalue weighted by Crippen LogP contribution is 2.17. The molecule has 198 valence electrons. The predicted octanol–water partition coefficient (Wildman–Crippen LogP) is 1.35. The Morgan fingerprint density at radius 1 is 1.20 bits per heavy atom. The predicted molar refractivity (Wildman–Crippen MR) is 134 cm³/mol. The zero-order valence-corrected chi connectivity index (χ0v) is 21.8. The highest BCUT2D eigenvalue weighted by molar-refractivity contribution is 5.94. The average Bonchev–Trinajstić information content (AvgIpc) is 2.85. The summed E-state index contributed by atoms with van der Waals surface area (Å²) in [6.45, 7) is 13.8. The zero-order chi connectivity index (χ0) is 25.3. The Bertz CT molecular complexity index is 781. The number of ether oxygens (including phenoxy) is 4. The molecule has 0 unspecified atom stereocenters. The SMILES string of the molecule is COc1cccc(C(=O)N(CCN2CCOCC2)C[C@H]2CN(C[C@@H](O)COC(C)(C)C)CCO2)c1. The maximum absolute atomic E-state index is 13.5. The van der Waals surface area contributed by atoms with Crippen molar-refractivity contribution in [3.05, 3.63) is 29.8 Å². The molecule has 1 N–H and O–H groups in total. The van der Waals surface area contributed by atoms with Gasteiger partial charge in [-0.25, -0.2) is 0 Å². The summed E-state index contributed by atoms with van der Waals surface area (Å²) in [5, 5.41) is 10.4. The topological polar surface area (TPSA) is 83.9 Å². The summed E-state index contributed by atoms with van der Waals surface area (Å²) in [7, 11) is 1.60. The summed E-state index contributed by atoms with van der Waals surface area (Å²) in [6.07, 6.45) is -0.692. The van der Waals surface area contributed by atoms with E-state index in [9.17, 15) is 9.90 Å². The van der Waals surface area contributed by atoms with Crippen LogP contribution in [0.3, 0.4) is 0 Å². The average molecular weight is 494 g/mol. The van der Waals surface area contributed by atoms with Crippen LogP contribution in [0, 0.1) is 0 Å². The number of β-amino-alcohol motifs (C(OH)–C–C–N with tert-alkyl or cyclic N) is 1. The molecule has 1 aromatic carbocycles. The third kappa shape index (κ3) is 9.67. The molecule has 2 fully saturated rings. The van der Waals surface area contributed by atoms with Crippen LogP contribution in [-0.2, 0) is 14.2 Å². The molecule has 1 aromatic rings. The quantitative estimate of drug-likeness (QED) is 0.495. The first-order chi connectivity index (χ1) is 16.7. The van der Waals surface area contributed by atoms with Gasteiger partial charge in [0.15, 0.2) is 0 Å². The minimum absolute atomic E-state index is 0.0310. The van der Waals surface area contributed by atoms with Gasteiger partial charge in [0, 0.05) is 57.9 Å². The minimum Gasteiger partial charge on any atom is -0.497 e. The van der Waals surface area contributed by atoms with Gasteiger partial charge in [-0.05, 0) is 39.0 Å². The van der Waals surface area contributed by atoms with Crippen LogP contribution < -0.4 is 4.74 Å². The van der Waals surface area contributed by atoms with Crippen molar-refractivity contribution in [1.29, 1.82) is 0 Å². The highest BCUT2D eigenvalue weighted by Gasteiger charge is 2.28. The van der Waals surface area contributed by atoms with Crippen molar-refractivity contribution in [2.75, 3.05) is 85.9 Å². The second kappa shape index (κ2) is 13.5. The van der Waals surface area contributed by atoms with Gasteiger partial charge in [-0.3, -0.25) is 14.6 Å². The van der Waals surface area contributed by atoms with Crippen molar-refractivity contribution in [3.63, 3.8) is 0 Å². The molecule has 0 aliphatic carbocycles. The normalized spacial score (nSPS) is 21.0. The third-order valence-electron chi connectivity index (χ3n) is 6.22. The van der Waals surface area contributed by atoms with Crippen molar-refractivity contribution in [3.8, 4) is 5.75 Å². The molecule has 0 radical (unpaired) electrons. The number of morpholine rings is 2. The van der Waals surface area contributed by atoms with Crippen LogP contribution >= 0.6 is 0 Å². The summed E-state index contributed by atoms with van der Waals surface area (Å²) in [4.78, 5) is 19.9. The maximum atomic E-state index is 13.5. The summed E-state index contributed by atoms with van der Waals surface area (Å²) in [5.41, 5.74) is 0.324. The first-order valence-corrected chi connectivity index (χ1v) is 12.6. The lowest BCUT2D eigenvalue weighted by Gasteiger charge is -2.37. The number of nitrogens with zero attached hydrogens (tertiary/aromatic N) is 3. The summed E-state index contributed by atoms with van der Waals surface area (Å²) in [5.74, 6) is 0.632. The molecule has 0 bridgehead atoms. The van der Waals surface area contributed by atoms with E-state index in [0.717, 1.165) is 39.4 Å². The van der Waals surface area contributed by atoms with E-state index in [4.69, 9.17) is 18.9 Å². The molecular weight excluding hydrogens is 450 g/mol. The molecule has 3 rings (SSSR count). The molecule has 9 heteroatoms. The van der Waals surface area contributed by atoms with Crippen molar-refractivity contribution in [1.82, 2.24) is 14.7 Å². The van der Waals surface area contributed by atoms with Gasteiger partial charge in [0.05, 0.1) is 51.3 Å². The van der Waals surface area contributed by atoms with Crippen LogP contribution in [0.1, 0.15) is 31.1 Å². The Labute approximate surface area is 209 Å². The Hall–Kier alpha value is -1.75. The number of amides is 1. The lowest BCUT2D eigenvalue weighted by molar-refractivity contribution is -0.0783. The molecule has 0 saturated carbocycles. The van der Waals surface area contributed by atoms with Gasteiger partial charge in [-0.1, -0.05) is 6.07 Å². The molecule has 2 heterocycles. The van der Waals surface area contributed by atoms with Crippen LogP contribution in [0.15, 0.2) is 24.3 Å². The van der Waals surface area contributed by atoms with Gasteiger partial charge in [0.1, 0.15) is 5.75 Å². The Morgan fingerprint density at radius 3 is 2.66 bits per heavy atom. The zero-order valence-electron chi connectivity index (χ0n) is 21.8. The Morgan fingerprint density at radius 2 is 1.94 bits per heavy atom. The van der Waals surface area contributed by atoms with Gasteiger partial charge < -0.3 is 29.0 Å². The second-order valence-electron chi connectivity index (χ2n) is 10.3. The molecule has 2 saturated heterocycles. The van der Waals surface area contributed by atoms with E-state index in [1.165, 1.54) is 0 Å². The van der Waals surface area contributed by atoms with Gasteiger partial charge in [-0.15, -0.1) is 0 Å². The van der Waals surface area contributed by atoms with Crippen molar-refractivity contribution in [2.24, 2.45) is 0 Å². The fourth-order valence-corrected chi connectivity index (χ4v) is 4.30. The number of carbonyl (C=O) groups is 1. The number of hydrogen-bond donors (Lipinski definition) is 1. The minimum atomic E-state index is -0.566. The second-order valence-corrected chi connectivity index (χ2v) is 10.3. The van der Waals surface area contributed by atoms with Crippen LogP contribution in [0.2, 0.25) is 0 Å². The summed E-state index contributed by atoms with van der Waals surface area (Å²) >= 11 is 0. The van der Waals surface area contributed by atoms with Crippen LogP contribution in [-0.4, -0.2) is 129 Å². The fraction of sp³-hybridized carbons (Fsp3) is 0.731. The Kier molecular flexibility index (Phi) is 10.8. The number of aliphatic hydroxyl groups is 1. The molecule has 2 aliphatic rings. The molecule has 0 aromatic heterocycles. The molecule has 2 atom stereocenters.